The minimum absolute atomic E-state index is 0.215. The lowest BCUT2D eigenvalue weighted by Crippen LogP contribution is -3.15. The number of rotatable bonds is 3. The number of benzene rings is 1. The van der Waals surface area contributed by atoms with E-state index in [0.717, 1.165) is 28.8 Å². The fourth-order valence-corrected chi connectivity index (χ4v) is 3.75. The average Bonchev–Trinajstić information content (AvgIpc) is 2.39. The van der Waals surface area contributed by atoms with Gasteiger partial charge in [0.25, 0.3) is 0 Å². The maximum atomic E-state index is 11.3. The van der Waals surface area contributed by atoms with Crippen LogP contribution >= 0.6 is 15.9 Å². The lowest BCUT2D eigenvalue weighted by atomic mass is 9.74. The van der Waals surface area contributed by atoms with Crippen LogP contribution in [0.2, 0.25) is 0 Å². The summed E-state index contributed by atoms with van der Waals surface area (Å²) in [4.78, 5) is 1.49. The van der Waals surface area contributed by atoms with Crippen LogP contribution in [0.15, 0.2) is 22.7 Å². The van der Waals surface area contributed by atoms with E-state index < -0.39 is 5.60 Å². The molecule has 1 aromatic rings. The van der Waals surface area contributed by atoms with Gasteiger partial charge < -0.3 is 14.7 Å². The van der Waals surface area contributed by atoms with Crippen molar-refractivity contribution in [3.63, 3.8) is 0 Å². The van der Waals surface area contributed by atoms with Crippen LogP contribution in [-0.4, -0.2) is 31.3 Å². The van der Waals surface area contributed by atoms with E-state index in [2.05, 4.69) is 36.8 Å². The van der Waals surface area contributed by atoms with Gasteiger partial charge in [0.1, 0.15) is 11.4 Å². The van der Waals surface area contributed by atoms with E-state index in [0.29, 0.717) is 12.6 Å². The zero-order valence-electron chi connectivity index (χ0n) is 12.7. The third-order valence-electron chi connectivity index (χ3n) is 4.62. The molecule has 1 unspecified atom stereocenters. The third kappa shape index (κ3) is 2.87. The summed E-state index contributed by atoms with van der Waals surface area (Å²) in [6, 6.07) is 6.34. The number of likely N-dealkylation sites (tertiary alicyclic amines) is 1. The highest BCUT2D eigenvalue weighted by Crippen LogP contribution is 2.40. The van der Waals surface area contributed by atoms with Gasteiger partial charge in [-0.25, -0.2) is 0 Å². The second-order valence-corrected chi connectivity index (χ2v) is 6.91. The molecule has 4 heteroatoms. The van der Waals surface area contributed by atoms with Crippen LogP contribution in [0.25, 0.3) is 0 Å². The van der Waals surface area contributed by atoms with E-state index >= 15 is 0 Å². The number of quaternary nitrogens is 1. The van der Waals surface area contributed by atoms with E-state index in [9.17, 15) is 5.11 Å². The fourth-order valence-electron chi connectivity index (χ4n) is 3.16. The van der Waals surface area contributed by atoms with Crippen LogP contribution in [0, 0.1) is 5.92 Å². The molecule has 1 aliphatic rings. The van der Waals surface area contributed by atoms with Crippen molar-refractivity contribution in [1.82, 2.24) is 0 Å². The van der Waals surface area contributed by atoms with Gasteiger partial charge in [-0.05, 0) is 32.0 Å². The molecule has 4 atom stereocenters. The van der Waals surface area contributed by atoms with Gasteiger partial charge >= 0.3 is 0 Å². The highest BCUT2D eigenvalue weighted by atomic mass is 79.9. The lowest BCUT2D eigenvalue weighted by molar-refractivity contribution is -0.916. The van der Waals surface area contributed by atoms with Crippen LogP contribution in [0.3, 0.4) is 0 Å². The van der Waals surface area contributed by atoms with Crippen LogP contribution in [-0.2, 0) is 5.60 Å². The summed E-state index contributed by atoms with van der Waals surface area (Å²) in [6.07, 6.45) is 0.772. The van der Waals surface area contributed by atoms with Gasteiger partial charge in [0.05, 0.1) is 26.2 Å². The SMILES string of the molecule is CCOc1ccc(Br)c([C@@]2(O)C[C@H](C)[NH+](C)C[C@@H]2C)c1. The Morgan fingerprint density at radius 2 is 2.15 bits per heavy atom. The summed E-state index contributed by atoms with van der Waals surface area (Å²) in [5.74, 6) is 1.04. The smallest absolute Gasteiger partial charge is 0.119 e. The molecule has 2 N–H and O–H groups in total. The number of nitrogens with one attached hydrogen (secondary N) is 1. The van der Waals surface area contributed by atoms with Crippen molar-refractivity contribution in [2.45, 2.75) is 38.8 Å². The van der Waals surface area contributed by atoms with Crippen LogP contribution < -0.4 is 9.64 Å². The molecule has 0 saturated carbocycles. The molecule has 0 bridgehead atoms. The lowest BCUT2D eigenvalue weighted by Gasteiger charge is -2.44. The molecule has 3 nitrogen and oxygen atoms in total. The van der Waals surface area contributed by atoms with Crippen LogP contribution in [0.5, 0.6) is 5.75 Å². The Morgan fingerprint density at radius 1 is 1.45 bits per heavy atom. The molecule has 1 aliphatic heterocycles. The molecule has 1 fully saturated rings. The number of aliphatic hydroxyl groups is 1. The summed E-state index contributed by atoms with van der Waals surface area (Å²) in [5, 5.41) is 11.3. The Labute approximate surface area is 130 Å². The molecule has 1 aromatic carbocycles. The molecule has 1 saturated heterocycles. The van der Waals surface area contributed by atoms with Crippen molar-refractivity contribution in [2.24, 2.45) is 5.92 Å². The first-order valence-corrected chi connectivity index (χ1v) is 8.15. The zero-order valence-corrected chi connectivity index (χ0v) is 14.3. The first-order chi connectivity index (χ1) is 9.38. The van der Waals surface area contributed by atoms with E-state index in [4.69, 9.17) is 4.74 Å². The maximum Gasteiger partial charge on any atom is 0.119 e. The van der Waals surface area contributed by atoms with Crippen molar-refractivity contribution >= 4 is 15.9 Å². The average molecular weight is 343 g/mol. The highest BCUT2D eigenvalue weighted by Gasteiger charge is 2.45. The van der Waals surface area contributed by atoms with Crippen molar-refractivity contribution in [1.29, 1.82) is 0 Å². The molecule has 0 amide bonds. The number of hydrogen-bond donors (Lipinski definition) is 2. The zero-order chi connectivity index (χ0) is 14.9. The largest absolute Gasteiger partial charge is 0.494 e. The van der Waals surface area contributed by atoms with Crippen LogP contribution in [0.4, 0.5) is 0 Å². The van der Waals surface area contributed by atoms with Gasteiger partial charge in [-0.3, -0.25) is 0 Å². The summed E-state index contributed by atoms with van der Waals surface area (Å²) < 4.78 is 6.54. The Hall–Kier alpha value is -0.580. The first-order valence-electron chi connectivity index (χ1n) is 7.36. The standard InChI is InChI=1S/C16H24BrNO2/c1-5-20-13-6-7-15(17)14(8-13)16(19)9-12(3)18(4)10-11(16)2/h6-8,11-12,19H,5,9-10H2,1-4H3/p+1/t11-,12-,16+/m0/s1. The molecule has 0 radical (unpaired) electrons. The molecule has 0 spiro atoms. The molecule has 20 heavy (non-hydrogen) atoms. The molecular formula is C16H25BrNO2+. The second kappa shape index (κ2) is 6.04. The van der Waals surface area contributed by atoms with Gasteiger partial charge in [0, 0.05) is 22.4 Å². The minimum Gasteiger partial charge on any atom is -0.494 e. The third-order valence-corrected chi connectivity index (χ3v) is 5.31. The Morgan fingerprint density at radius 3 is 2.80 bits per heavy atom. The Bertz CT molecular complexity index is 480. The maximum absolute atomic E-state index is 11.3. The summed E-state index contributed by atoms with van der Waals surface area (Å²) >= 11 is 3.59. The van der Waals surface area contributed by atoms with Gasteiger partial charge in [-0.2, -0.15) is 0 Å². The number of piperidine rings is 1. The van der Waals surface area contributed by atoms with Gasteiger partial charge in [0.2, 0.25) is 0 Å². The topological polar surface area (TPSA) is 33.9 Å². The normalized spacial score (nSPS) is 34.0. The van der Waals surface area contributed by atoms with Crippen LogP contribution in [0.1, 0.15) is 32.8 Å². The molecule has 112 valence electrons. The van der Waals surface area contributed by atoms with Crippen molar-refractivity contribution in [2.75, 3.05) is 20.2 Å². The van der Waals surface area contributed by atoms with E-state index in [-0.39, 0.29) is 5.92 Å². The number of halogens is 1. The van der Waals surface area contributed by atoms with Gasteiger partial charge in [-0.15, -0.1) is 0 Å². The summed E-state index contributed by atoms with van der Waals surface area (Å²) in [5.41, 5.74) is 0.167. The number of hydrogen-bond acceptors (Lipinski definition) is 2. The monoisotopic (exact) mass is 342 g/mol. The predicted octanol–water partition coefficient (Wildman–Crippen LogP) is 1.98. The van der Waals surface area contributed by atoms with E-state index in [1.165, 1.54) is 4.90 Å². The first kappa shape index (κ1) is 15.8. The molecule has 0 aliphatic carbocycles. The van der Waals surface area contributed by atoms with Crippen molar-refractivity contribution < 1.29 is 14.7 Å². The quantitative estimate of drug-likeness (QED) is 0.880. The fraction of sp³-hybridized carbons (Fsp3) is 0.625. The van der Waals surface area contributed by atoms with Gasteiger partial charge in [0.15, 0.2) is 0 Å². The van der Waals surface area contributed by atoms with E-state index in [1.54, 1.807) is 0 Å². The van der Waals surface area contributed by atoms with Crippen molar-refractivity contribution in [3.05, 3.63) is 28.2 Å². The molecule has 0 aromatic heterocycles. The highest BCUT2D eigenvalue weighted by molar-refractivity contribution is 9.10. The van der Waals surface area contributed by atoms with Crippen molar-refractivity contribution in [3.8, 4) is 5.75 Å². The molecule has 2 rings (SSSR count). The van der Waals surface area contributed by atoms with Gasteiger partial charge in [-0.1, -0.05) is 22.9 Å². The second-order valence-electron chi connectivity index (χ2n) is 6.06. The summed E-state index contributed by atoms with van der Waals surface area (Å²) in [6.45, 7) is 7.92. The molecule has 1 heterocycles. The molecular weight excluding hydrogens is 318 g/mol. The summed E-state index contributed by atoms with van der Waals surface area (Å²) in [7, 11) is 2.20. The Kier molecular flexibility index (Phi) is 4.77. The Balaban J connectivity index is 2.40. The minimum atomic E-state index is -0.787. The predicted molar refractivity (Wildman–Crippen MR) is 84.2 cm³/mol. The number of ether oxygens (including phenoxy) is 1. The van der Waals surface area contributed by atoms with E-state index in [1.807, 2.05) is 25.1 Å².